The Morgan fingerprint density at radius 1 is 1.30 bits per heavy atom. The van der Waals surface area contributed by atoms with Gasteiger partial charge in [0.05, 0.1) is 12.3 Å². The number of nitrogens with one attached hydrogen (secondary N) is 1. The van der Waals surface area contributed by atoms with E-state index < -0.39 is 0 Å². The highest BCUT2D eigenvalue weighted by molar-refractivity contribution is 6.18. The third-order valence-electron chi connectivity index (χ3n) is 2.74. The molecule has 1 rings (SSSR count). The predicted molar refractivity (Wildman–Crippen MR) is 80.8 cm³/mol. The summed E-state index contributed by atoms with van der Waals surface area (Å²) in [6.07, 6.45) is 1.45. The molecule has 0 saturated carbocycles. The zero-order chi connectivity index (χ0) is 15.0. The predicted octanol–water partition coefficient (Wildman–Crippen LogP) is 3.64. The number of hydrogen-bond acceptors (Lipinski definition) is 3. The van der Waals surface area contributed by atoms with Gasteiger partial charge >= 0.3 is 0 Å². The summed E-state index contributed by atoms with van der Waals surface area (Å²) in [6, 6.07) is 5.07. The smallest absolute Gasteiger partial charge is 0.224 e. The molecule has 0 unspecified atom stereocenters. The summed E-state index contributed by atoms with van der Waals surface area (Å²) in [5, 5.41) is 2.76. The van der Waals surface area contributed by atoms with E-state index in [0.29, 0.717) is 48.7 Å². The van der Waals surface area contributed by atoms with Crippen LogP contribution in [0.4, 0.5) is 5.69 Å². The van der Waals surface area contributed by atoms with Gasteiger partial charge in [-0.25, -0.2) is 0 Å². The van der Waals surface area contributed by atoms with E-state index in [1.807, 2.05) is 6.92 Å². The van der Waals surface area contributed by atoms with Gasteiger partial charge in [-0.15, -0.1) is 11.6 Å². The maximum atomic E-state index is 11.9. The Hall–Kier alpha value is -1.55. The maximum absolute atomic E-state index is 11.9. The van der Waals surface area contributed by atoms with Crippen molar-refractivity contribution in [3.8, 4) is 5.75 Å². The Morgan fingerprint density at radius 3 is 2.65 bits per heavy atom. The first-order chi connectivity index (χ1) is 9.62. The lowest BCUT2D eigenvalue weighted by atomic mass is 10.1. The third-order valence-corrected chi connectivity index (χ3v) is 3.00. The second-order valence-electron chi connectivity index (χ2n) is 4.26. The van der Waals surface area contributed by atoms with Crippen molar-refractivity contribution in [3.63, 3.8) is 0 Å². The van der Waals surface area contributed by atoms with E-state index in [1.54, 1.807) is 25.1 Å². The van der Waals surface area contributed by atoms with Gasteiger partial charge in [0.25, 0.3) is 0 Å². The Kier molecular flexibility index (Phi) is 7.09. The van der Waals surface area contributed by atoms with Gasteiger partial charge in [-0.3, -0.25) is 9.59 Å². The second kappa shape index (κ2) is 8.59. The first kappa shape index (κ1) is 16.5. The van der Waals surface area contributed by atoms with Gasteiger partial charge < -0.3 is 10.1 Å². The third kappa shape index (κ3) is 4.85. The number of amides is 1. The first-order valence-corrected chi connectivity index (χ1v) is 7.31. The van der Waals surface area contributed by atoms with Crippen molar-refractivity contribution in [2.75, 3.05) is 17.8 Å². The number of carbonyl (C=O) groups is 2. The summed E-state index contributed by atoms with van der Waals surface area (Å²) in [7, 11) is 0. The number of carbonyl (C=O) groups excluding carboxylic acids is 2. The minimum atomic E-state index is -0.0906. The van der Waals surface area contributed by atoms with Crippen molar-refractivity contribution in [2.24, 2.45) is 0 Å². The number of ketones is 1. The van der Waals surface area contributed by atoms with Crippen LogP contribution in [0.15, 0.2) is 18.2 Å². The number of alkyl halides is 1. The highest BCUT2D eigenvalue weighted by Crippen LogP contribution is 2.27. The molecule has 0 radical (unpaired) electrons. The van der Waals surface area contributed by atoms with E-state index in [9.17, 15) is 9.59 Å². The van der Waals surface area contributed by atoms with E-state index in [2.05, 4.69) is 5.32 Å². The summed E-state index contributed by atoms with van der Waals surface area (Å²) in [5.74, 6) is 0.924. The second-order valence-corrected chi connectivity index (χ2v) is 4.64. The number of rotatable bonds is 8. The first-order valence-electron chi connectivity index (χ1n) is 6.78. The van der Waals surface area contributed by atoms with Crippen LogP contribution in [-0.2, 0) is 4.79 Å². The minimum Gasteiger partial charge on any atom is -0.492 e. The molecule has 0 heterocycles. The SMILES string of the molecule is CCOc1cc(C(=O)CCCCl)ccc1NC(=O)CC. The summed E-state index contributed by atoms with van der Waals surface area (Å²) in [5.41, 5.74) is 1.17. The van der Waals surface area contributed by atoms with Crippen molar-refractivity contribution in [2.45, 2.75) is 33.1 Å². The summed E-state index contributed by atoms with van der Waals surface area (Å²) < 4.78 is 5.48. The van der Waals surface area contributed by atoms with E-state index >= 15 is 0 Å². The lowest BCUT2D eigenvalue weighted by Gasteiger charge is -2.12. The van der Waals surface area contributed by atoms with Gasteiger partial charge in [-0.05, 0) is 31.5 Å². The van der Waals surface area contributed by atoms with Gasteiger partial charge in [0.1, 0.15) is 5.75 Å². The topological polar surface area (TPSA) is 55.4 Å². The molecule has 1 N–H and O–H groups in total. The Morgan fingerprint density at radius 2 is 2.05 bits per heavy atom. The largest absolute Gasteiger partial charge is 0.492 e. The highest BCUT2D eigenvalue weighted by atomic mass is 35.5. The van der Waals surface area contributed by atoms with Gasteiger partial charge in [-0.1, -0.05) is 6.92 Å². The van der Waals surface area contributed by atoms with Crippen LogP contribution >= 0.6 is 11.6 Å². The summed E-state index contributed by atoms with van der Waals surface area (Å²) in [6.45, 7) is 4.10. The van der Waals surface area contributed by atoms with Gasteiger partial charge in [0, 0.05) is 24.3 Å². The average molecular weight is 298 g/mol. The molecular formula is C15H20ClNO3. The summed E-state index contributed by atoms with van der Waals surface area (Å²) >= 11 is 5.59. The van der Waals surface area contributed by atoms with Crippen LogP contribution < -0.4 is 10.1 Å². The molecule has 0 aliphatic rings. The number of hydrogen-bond donors (Lipinski definition) is 1. The zero-order valence-corrected chi connectivity index (χ0v) is 12.6. The molecule has 1 amide bonds. The van der Waals surface area contributed by atoms with Crippen LogP contribution in [0.5, 0.6) is 5.75 Å². The number of ether oxygens (including phenoxy) is 1. The quantitative estimate of drug-likeness (QED) is 0.589. The van der Waals surface area contributed by atoms with Crippen LogP contribution in [0.3, 0.4) is 0 Å². The molecule has 110 valence electrons. The number of Topliss-reactive ketones (excluding diaryl/α,β-unsaturated/α-hetero) is 1. The summed E-state index contributed by atoms with van der Waals surface area (Å²) in [4.78, 5) is 23.4. The molecule has 4 nitrogen and oxygen atoms in total. The molecular weight excluding hydrogens is 278 g/mol. The lowest BCUT2D eigenvalue weighted by molar-refractivity contribution is -0.115. The van der Waals surface area contributed by atoms with E-state index in [-0.39, 0.29) is 11.7 Å². The normalized spacial score (nSPS) is 10.2. The molecule has 0 saturated heterocycles. The van der Waals surface area contributed by atoms with Crippen LogP contribution in [0.1, 0.15) is 43.5 Å². The lowest BCUT2D eigenvalue weighted by Crippen LogP contribution is -2.11. The minimum absolute atomic E-state index is 0.0278. The Labute approximate surface area is 124 Å². The van der Waals surface area contributed by atoms with Crippen molar-refractivity contribution in [1.82, 2.24) is 0 Å². The van der Waals surface area contributed by atoms with E-state index in [1.165, 1.54) is 0 Å². The standard InChI is InChI=1S/C15H20ClNO3/c1-3-15(19)17-12-8-7-11(10-14(12)20-4-2)13(18)6-5-9-16/h7-8,10H,3-6,9H2,1-2H3,(H,17,19). The molecule has 0 atom stereocenters. The fraction of sp³-hybridized carbons (Fsp3) is 0.467. The average Bonchev–Trinajstić information content (AvgIpc) is 2.46. The van der Waals surface area contributed by atoms with Crippen LogP contribution in [0.2, 0.25) is 0 Å². The van der Waals surface area contributed by atoms with Crippen molar-refractivity contribution >= 4 is 29.0 Å². The number of benzene rings is 1. The molecule has 20 heavy (non-hydrogen) atoms. The van der Waals surface area contributed by atoms with Crippen LogP contribution in [-0.4, -0.2) is 24.2 Å². The van der Waals surface area contributed by atoms with E-state index in [4.69, 9.17) is 16.3 Å². The molecule has 0 aliphatic heterocycles. The van der Waals surface area contributed by atoms with Crippen molar-refractivity contribution in [1.29, 1.82) is 0 Å². The van der Waals surface area contributed by atoms with Crippen molar-refractivity contribution < 1.29 is 14.3 Å². The monoisotopic (exact) mass is 297 g/mol. The van der Waals surface area contributed by atoms with Crippen LogP contribution in [0, 0.1) is 0 Å². The van der Waals surface area contributed by atoms with E-state index in [0.717, 1.165) is 0 Å². The van der Waals surface area contributed by atoms with Crippen LogP contribution in [0.25, 0.3) is 0 Å². The maximum Gasteiger partial charge on any atom is 0.224 e. The molecule has 1 aromatic carbocycles. The fourth-order valence-corrected chi connectivity index (χ4v) is 1.82. The molecule has 1 aromatic rings. The molecule has 0 fully saturated rings. The fourth-order valence-electron chi connectivity index (χ4n) is 1.68. The van der Waals surface area contributed by atoms with Gasteiger partial charge in [0.2, 0.25) is 5.91 Å². The number of halogens is 1. The number of anilines is 1. The van der Waals surface area contributed by atoms with Crippen molar-refractivity contribution in [3.05, 3.63) is 23.8 Å². The Balaban J connectivity index is 2.93. The van der Waals surface area contributed by atoms with Gasteiger partial charge in [0.15, 0.2) is 5.78 Å². The van der Waals surface area contributed by atoms with Gasteiger partial charge in [-0.2, -0.15) is 0 Å². The molecule has 0 aliphatic carbocycles. The molecule has 5 heteroatoms. The molecule has 0 aromatic heterocycles. The molecule has 0 spiro atoms. The molecule has 0 bridgehead atoms. The highest BCUT2D eigenvalue weighted by Gasteiger charge is 2.12. The Bertz CT molecular complexity index is 474. The zero-order valence-electron chi connectivity index (χ0n) is 11.9.